The number of unbranched alkanes of at least 4 members (excludes halogenated alkanes) is 1. The fourth-order valence-electron chi connectivity index (χ4n) is 3.88. The Morgan fingerprint density at radius 2 is 1.97 bits per heavy atom. The lowest BCUT2D eigenvalue weighted by Crippen LogP contribution is -2.22. The molecule has 3 heterocycles. The van der Waals surface area contributed by atoms with Crippen LogP contribution in [0.3, 0.4) is 0 Å². The van der Waals surface area contributed by atoms with Crippen molar-refractivity contribution in [3.8, 4) is 0 Å². The third-order valence-corrected chi connectivity index (χ3v) is 5.90. The molecule has 30 heavy (non-hydrogen) atoms. The molecule has 1 saturated heterocycles. The van der Waals surface area contributed by atoms with Gasteiger partial charge in [0.2, 0.25) is 0 Å². The van der Waals surface area contributed by atoms with Crippen LogP contribution < -0.4 is 4.90 Å². The summed E-state index contributed by atoms with van der Waals surface area (Å²) in [6.45, 7) is 4.84. The van der Waals surface area contributed by atoms with E-state index in [0.29, 0.717) is 18.7 Å². The van der Waals surface area contributed by atoms with Gasteiger partial charge in [-0.25, -0.2) is 14.5 Å². The number of alkyl halides is 1. The molecule has 1 unspecified atom stereocenters. The number of pyridine rings is 1. The number of fused-ring (bicyclic) bond motifs is 1. The minimum atomic E-state index is -0.313. The molecule has 1 aliphatic heterocycles. The first-order valence-electron chi connectivity index (χ1n) is 10.6. The number of esters is 1. The third-order valence-electron chi connectivity index (χ3n) is 5.51. The zero-order valence-electron chi connectivity index (χ0n) is 17.3. The Morgan fingerprint density at radius 1 is 1.20 bits per heavy atom. The molecule has 4 rings (SSSR count). The summed E-state index contributed by atoms with van der Waals surface area (Å²) in [6, 6.07) is 9.95. The standard InChI is InChI=1S/C23H27ClN4O2/c1-2-3-13-30-23(29)19-14-25-22-18(21(19)27-11-7-8-12-27)15-26-28(22)16-20(24)17-9-5-4-6-10-17/h4-6,9-10,14-15,20H,2-3,7-8,11-13,16H2,1H3. The van der Waals surface area contributed by atoms with Gasteiger partial charge in [0.1, 0.15) is 5.56 Å². The van der Waals surface area contributed by atoms with E-state index in [0.717, 1.165) is 61.1 Å². The minimum Gasteiger partial charge on any atom is -0.462 e. The minimum absolute atomic E-state index is 0.218. The SMILES string of the molecule is CCCCOC(=O)c1cnc2c(cnn2CC(Cl)c2ccccc2)c1N1CCCC1. The number of aromatic nitrogens is 3. The van der Waals surface area contributed by atoms with Crippen LogP contribution in [-0.2, 0) is 11.3 Å². The van der Waals surface area contributed by atoms with E-state index in [1.54, 1.807) is 12.4 Å². The quantitative estimate of drug-likeness (QED) is 0.289. The van der Waals surface area contributed by atoms with Crippen molar-refractivity contribution in [2.24, 2.45) is 0 Å². The maximum absolute atomic E-state index is 12.8. The molecule has 6 nitrogen and oxygen atoms in total. The summed E-state index contributed by atoms with van der Waals surface area (Å²) in [5.74, 6) is -0.313. The summed E-state index contributed by atoms with van der Waals surface area (Å²) in [4.78, 5) is 19.6. The van der Waals surface area contributed by atoms with Gasteiger partial charge < -0.3 is 9.64 Å². The summed E-state index contributed by atoms with van der Waals surface area (Å²) in [6.07, 6.45) is 7.49. The summed E-state index contributed by atoms with van der Waals surface area (Å²) < 4.78 is 7.32. The van der Waals surface area contributed by atoms with E-state index in [1.165, 1.54) is 0 Å². The molecule has 2 aromatic heterocycles. The van der Waals surface area contributed by atoms with Gasteiger partial charge in [0.15, 0.2) is 5.65 Å². The Bertz CT molecular complexity index is 999. The lowest BCUT2D eigenvalue weighted by Gasteiger charge is -2.21. The Hall–Kier alpha value is -2.60. The van der Waals surface area contributed by atoms with E-state index in [1.807, 2.05) is 35.0 Å². The second-order valence-corrected chi connectivity index (χ2v) is 8.17. The van der Waals surface area contributed by atoms with Gasteiger partial charge in [-0.2, -0.15) is 5.10 Å². The van der Waals surface area contributed by atoms with Crippen LogP contribution in [0.15, 0.2) is 42.7 Å². The van der Waals surface area contributed by atoms with Crippen molar-refractivity contribution in [2.75, 3.05) is 24.6 Å². The molecule has 158 valence electrons. The van der Waals surface area contributed by atoms with Crippen molar-refractivity contribution in [3.05, 3.63) is 53.9 Å². The van der Waals surface area contributed by atoms with Gasteiger partial charge in [-0.1, -0.05) is 43.7 Å². The van der Waals surface area contributed by atoms with Crippen LogP contribution in [0, 0.1) is 0 Å². The molecule has 3 aromatic rings. The van der Waals surface area contributed by atoms with Crippen molar-refractivity contribution in [1.29, 1.82) is 0 Å². The Balaban J connectivity index is 1.67. The predicted octanol–water partition coefficient (Wildman–Crippen LogP) is 4.97. The number of hydrogen-bond acceptors (Lipinski definition) is 5. The molecule has 7 heteroatoms. The molecule has 0 saturated carbocycles. The molecule has 0 amide bonds. The summed E-state index contributed by atoms with van der Waals surface area (Å²) in [5.41, 5.74) is 3.18. The smallest absolute Gasteiger partial charge is 0.341 e. The molecule has 1 aliphatic rings. The summed E-state index contributed by atoms with van der Waals surface area (Å²) in [5, 5.41) is 5.22. The molecule has 0 radical (unpaired) electrons. The van der Waals surface area contributed by atoms with Gasteiger partial charge >= 0.3 is 5.97 Å². The highest BCUT2D eigenvalue weighted by Crippen LogP contribution is 2.33. The molecular weight excluding hydrogens is 400 g/mol. The second kappa shape index (κ2) is 9.47. The lowest BCUT2D eigenvalue weighted by atomic mass is 10.1. The van der Waals surface area contributed by atoms with Crippen LogP contribution in [0.1, 0.15) is 53.9 Å². The van der Waals surface area contributed by atoms with Crippen molar-refractivity contribution in [1.82, 2.24) is 14.8 Å². The van der Waals surface area contributed by atoms with Gasteiger partial charge in [-0.05, 0) is 24.8 Å². The van der Waals surface area contributed by atoms with Crippen molar-refractivity contribution in [2.45, 2.75) is 44.5 Å². The van der Waals surface area contributed by atoms with E-state index in [9.17, 15) is 4.79 Å². The number of halogens is 1. The average molecular weight is 427 g/mol. The van der Waals surface area contributed by atoms with Crippen LogP contribution in [0.4, 0.5) is 5.69 Å². The molecule has 0 N–H and O–H groups in total. The number of nitrogens with zero attached hydrogens (tertiary/aromatic N) is 4. The van der Waals surface area contributed by atoms with Crippen molar-refractivity contribution < 1.29 is 9.53 Å². The number of rotatable bonds is 8. The third kappa shape index (κ3) is 4.29. The second-order valence-electron chi connectivity index (χ2n) is 7.65. The Labute approximate surface area is 181 Å². The summed E-state index contributed by atoms with van der Waals surface area (Å²) in [7, 11) is 0. The fourth-order valence-corrected chi connectivity index (χ4v) is 4.16. The molecule has 0 aliphatic carbocycles. The molecule has 0 spiro atoms. The van der Waals surface area contributed by atoms with Gasteiger partial charge in [0, 0.05) is 19.3 Å². The topological polar surface area (TPSA) is 60.2 Å². The molecule has 1 aromatic carbocycles. The lowest BCUT2D eigenvalue weighted by molar-refractivity contribution is 0.0500. The van der Waals surface area contributed by atoms with Gasteiger partial charge in [0.05, 0.1) is 35.8 Å². The Kier molecular flexibility index (Phi) is 6.53. The van der Waals surface area contributed by atoms with Crippen LogP contribution in [0.2, 0.25) is 0 Å². The first-order valence-corrected chi connectivity index (χ1v) is 11.1. The van der Waals surface area contributed by atoms with Gasteiger partial charge in [0.25, 0.3) is 0 Å². The zero-order valence-corrected chi connectivity index (χ0v) is 18.0. The first-order chi connectivity index (χ1) is 14.7. The summed E-state index contributed by atoms with van der Waals surface area (Å²) >= 11 is 6.64. The number of anilines is 1. The highest BCUT2D eigenvalue weighted by atomic mass is 35.5. The van der Waals surface area contributed by atoms with Crippen LogP contribution in [0.5, 0.6) is 0 Å². The molecule has 1 fully saturated rings. The zero-order chi connectivity index (χ0) is 20.9. The number of carbonyl (C=O) groups is 1. The van der Waals surface area contributed by atoms with E-state index in [2.05, 4.69) is 21.9 Å². The predicted molar refractivity (Wildman–Crippen MR) is 119 cm³/mol. The molecule has 1 atom stereocenters. The number of ether oxygens (including phenoxy) is 1. The number of benzene rings is 1. The van der Waals surface area contributed by atoms with E-state index in [-0.39, 0.29) is 11.3 Å². The maximum Gasteiger partial charge on any atom is 0.341 e. The highest BCUT2D eigenvalue weighted by Gasteiger charge is 2.26. The number of carbonyl (C=O) groups excluding carboxylic acids is 1. The van der Waals surface area contributed by atoms with E-state index in [4.69, 9.17) is 16.3 Å². The van der Waals surface area contributed by atoms with E-state index < -0.39 is 0 Å². The van der Waals surface area contributed by atoms with Crippen LogP contribution >= 0.6 is 11.6 Å². The Morgan fingerprint density at radius 3 is 2.70 bits per heavy atom. The highest BCUT2D eigenvalue weighted by molar-refractivity contribution is 6.20. The fraction of sp³-hybridized carbons (Fsp3) is 0.435. The van der Waals surface area contributed by atoms with Crippen molar-refractivity contribution in [3.63, 3.8) is 0 Å². The average Bonchev–Trinajstić information content (AvgIpc) is 3.44. The molecule has 0 bridgehead atoms. The van der Waals surface area contributed by atoms with Crippen LogP contribution in [-0.4, -0.2) is 40.4 Å². The van der Waals surface area contributed by atoms with E-state index >= 15 is 0 Å². The normalized spacial score (nSPS) is 14.9. The largest absolute Gasteiger partial charge is 0.462 e. The number of hydrogen-bond donors (Lipinski definition) is 0. The first kappa shape index (κ1) is 20.7. The monoisotopic (exact) mass is 426 g/mol. The van der Waals surface area contributed by atoms with Crippen LogP contribution in [0.25, 0.3) is 11.0 Å². The molecular formula is C23H27ClN4O2. The van der Waals surface area contributed by atoms with Gasteiger partial charge in [-0.3, -0.25) is 0 Å². The maximum atomic E-state index is 12.8. The van der Waals surface area contributed by atoms with Gasteiger partial charge in [-0.15, -0.1) is 11.6 Å². The van der Waals surface area contributed by atoms with Crippen molar-refractivity contribution >= 4 is 34.3 Å².